The molecular weight excluding hydrogens is 420 g/mol. The topological polar surface area (TPSA) is 93.1 Å². The van der Waals surface area contributed by atoms with Crippen LogP contribution in [-0.2, 0) is 29.5 Å². The van der Waals surface area contributed by atoms with Crippen LogP contribution in [0.5, 0.6) is 0 Å². The first-order valence-electron chi connectivity index (χ1n) is 8.57. The SMILES string of the molecule is O=C(NCc1ccccc1)c1cnn2c1CC(NS(=O)(=O)c1ccc(Cl)s1)C2. The third-order valence-corrected chi connectivity index (χ3v) is 7.70. The van der Waals surface area contributed by atoms with Gasteiger partial charge in [0.05, 0.1) is 28.3 Å². The number of benzene rings is 1. The standard InChI is InChI=1S/C18H17ClN4O3S2/c19-16-6-7-17(27-16)28(25,26)22-13-8-15-14(10-21-23(15)11-13)18(24)20-9-12-4-2-1-3-5-12/h1-7,10,13,22H,8-9,11H2,(H,20,24). The Hall–Kier alpha value is -2.20. The van der Waals surface area contributed by atoms with Gasteiger partial charge in [-0.25, -0.2) is 13.1 Å². The fourth-order valence-electron chi connectivity index (χ4n) is 3.15. The maximum Gasteiger partial charge on any atom is 0.255 e. The molecule has 1 aliphatic rings. The predicted octanol–water partition coefficient (Wildman–Crippen LogP) is 2.43. The highest BCUT2D eigenvalue weighted by Crippen LogP contribution is 2.27. The van der Waals surface area contributed by atoms with Gasteiger partial charge in [-0.05, 0) is 17.7 Å². The van der Waals surface area contributed by atoms with E-state index in [9.17, 15) is 13.2 Å². The largest absolute Gasteiger partial charge is 0.348 e. The van der Waals surface area contributed by atoms with Gasteiger partial charge in [-0.15, -0.1) is 11.3 Å². The van der Waals surface area contributed by atoms with Crippen molar-refractivity contribution in [2.75, 3.05) is 0 Å². The van der Waals surface area contributed by atoms with Crippen LogP contribution in [0.25, 0.3) is 0 Å². The van der Waals surface area contributed by atoms with E-state index in [1.54, 1.807) is 10.7 Å². The number of carbonyl (C=O) groups excluding carboxylic acids is 1. The lowest BCUT2D eigenvalue weighted by atomic mass is 10.1. The summed E-state index contributed by atoms with van der Waals surface area (Å²) in [5.41, 5.74) is 2.19. The van der Waals surface area contributed by atoms with Crippen molar-refractivity contribution in [1.29, 1.82) is 0 Å². The monoisotopic (exact) mass is 436 g/mol. The zero-order valence-electron chi connectivity index (χ0n) is 14.6. The number of nitrogens with zero attached hydrogens (tertiary/aromatic N) is 2. The van der Waals surface area contributed by atoms with Crippen LogP contribution in [0.15, 0.2) is 52.9 Å². The molecule has 4 rings (SSSR count). The smallest absolute Gasteiger partial charge is 0.255 e. The van der Waals surface area contributed by atoms with Gasteiger partial charge in [-0.1, -0.05) is 41.9 Å². The van der Waals surface area contributed by atoms with Crippen LogP contribution in [0, 0.1) is 0 Å². The average molecular weight is 437 g/mol. The molecule has 0 saturated heterocycles. The minimum atomic E-state index is -3.66. The number of hydrogen-bond acceptors (Lipinski definition) is 5. The molecule has 0 radical (unpaired) electrons. The molecule has 1 aliphatic heterocycles. The number of nitrogens with one attached hydrogen (secondary N) is 2. The zero-order valence-corrected chi connectivity index (χ0v) is 17.0. The Morgan fingerprint density at radius 2 is 2.04 bits per heavy atom. The van der Waals surface area contributed by atoms with Crippen LogP contribution in [0.2, 0.25) is 4.34 Å². The number of hydrogen-bond donors (Lipinski definition) is 2. The Balaban J connectivity index is 1.42. The number of aromatic nitrogens is 2. The molecule has 28 heavy (non-hydrogen) atoms. The van der Waals surface area contributed by atoms with Crippen molar-refractivity contribution >= 4 is 38.9 Å². The minimum absolute atomic E-state index is 0.169. The zero-order chi connectivity index (χ0) is 19.7. The van der Waals surface area contributed by atoms with Crippen LogP contribution >= 0.6 is 22.9 Å². The fraction of sp³-hybridized carbons (Fsp3) is 0.222. The number of halogens is 1. The Morgan fingerprint density at radius 3 is 2.75 bits per heavy atom. The normalized spacial score (nSPS) is 16.1. The molecule has 1 atom stereocenters. The van der Waals surface area contributed by atoms with Gasteiger partial charge in [0.15, 0.2) is 0 Å². The first kappa shape index (κ1) is 19.1. The van der Waals surface area contributed by atoms with E-state index in [0.717, 1.165) is 22.6 Å². The number of fused-ring (bicyclic) bond motifs is 1. The van der Waals surface area contributed by atoms with E-state index >= 15 is 0 Å². The Bertz CT molecular complexity index is 1110. The van der Waals surface area contributed by atoms with Crippen LogP contribution < -0.4 is 10.0 Å². The van der Waals surface area contributed by atoms with Crippen molar-refractivity contribution in [3.63, 3.8) is 0 Å². The van der Waals surface area contributed by atoms with Gasteiger partial charge in [0.2, 0.25) is 10.0 Å². The summed E-state index contributed by atoms with van der Waals surface area (Å²) < 4.78 is 29.9. The lowest BCUT2D eigenvalue weighted by Crippen LogP contribution is -2.35. The second-order valence-electron chi connectivity index (χ2n) is 6.44. The first-order valence-corrected chi connectivity index (χ1v) is 11.2. The molecule has 0 bridgehead atoms. The summed E-state index contributed by atoms with van der Waals surface area (Å²) in [7, 11) is -3.66. The highest BCUT2D eigenvalue weighted by molar-refractivity contribution is 7.91. The molecule has 0 saturated carbocycles. The lowest BCUT2D eigenvalue weighted by molar-refractivity contribution is 0.0950. The summed E-state index contributed by atoms with van der Waals surface area (Å²) >= 11 is 6.84. The predicted molar refractivity (Wildman–Crippen MR) is 107 cm³/mol. The Morgan fingerprint density at radius 1 is 1.25 bits per heavy atom. The molecule has 10 heteroatoms. The molecule has 3 aromatic rings. The van der Waals surface area contributed by atoms with Crippen LogP contribution in [0.3, 0.4) is 0 Å². The van der Waals surface area contributed by atoms with Crippen LogP contribution in [0.4, 0.5) is 0 Å². The van der Waals surface area contributed by atoms with Crippen molar-refractivity contribution in [2.45, 2.75) is 29.8 Å². The molecule has 0 fully saturated rings. The van der Waals surface area contributed by atoms with E-state index in [2.05, 4.69) is 15.1 Å². The Labute approximate surface area is 171 Å². The second-order valence-corrected chi connectivity index (χ2v) is 10.1. The van der Waals surface area contributed by atoms with E-state index in [1.807, 2.05) is 30.3 Å². The molecule has 1 unspecified atom stereocenters. The van der Waals surface area contributed by atoms with Crippen LogP contribution in [0.1, 0.15) is 21.6 Å². The summed E-state index contributed by atoms with van der Waals surface area (Å²) in [6.45, 7) is 0.791. The molecule has 2 N–H and O–H groups in total. The molecule has 1 aromatic carbocycles. The van der Waals surface area contributed by atoms with Crippen molar-refractivity contribution in [1.82, 2.24) is 19.8 Å². The molecule has 3 heterocycles. The summed E-state index contributed by atoms with van der Waals surface area (Å²) in [6.07, 6.45) is 1.92. The van der Waals surface area contributed by atoms with Crippen molar-refractivity contribution < 1.29 is 13.2 Å². The molecule has 1 amide bonds. The summed E-state index contributed by atoms with van der Waals surface area (Å²) in [5.74, 6) is -0.223. The van der Waals surface area contributed by atoms with Gasteiger partial charge in [0.25, 0.3) is 5.91 Å². The average Bonchev–Trinajstić information content (AvgIpc) is 3.36. The number of thiophene rings is 1. The van der Waals surface area contributed by atoms with Crippen LogP contribution in [-0.4, -0.2) is 30.1 Å². The summed E-state index contributed by atoms with van der Waals surface area (Å²) in [4.78, 5) is 12.5. The van der Waals surface area contributed by atoms with E-state index in [-0.39, 0.29) is 16.2 Å². The second kappa shape index (κ2) is 7.67. The summed E-state index contributed by atoms with van der Waals surface area (Å²) in [5, 5.41) is 7.11. The molecule has 0 spiro atoms. The van der Waals surface area contributed by atoms with Crippen molar-refractivity contribution in [3.05, 3.63) is 69.8 Å². The number of amides is 1. The van der Waals surface area contributed by atoms with E-state index in [0.29, 0.717) is 29.4 Å². The lowest BCUT2D eigenvalue weighted by Gasteiger charge is -2.11. The van der Waals surface area contributed by atoms with E-state index in [1.165, 1.54) is 12.3 Å². The number of rotatable bonds is 6. The number of sulfonamides is 1. The molecule has 0 aliphatic carbocycles. The molecule has 146 valence electrons. The fourth-order valence-corrected chi connectivity index (χ4v) is 5.88. The van der Waals surface area contributed by atoms with Gasteiger partial charge in [-0.3, -0.25) is 9.48 Å². The molecule has 7 nitrogen and oxygen atoms in total. The van der Waals surface area contributed by atoms with Crippen molar-refractivity contribution in [2.24, 2.45) is 0 Å². The van der Waals surface area contributed by atoms with Gasteiger partial charge < -0.3 is 5.32 Å². The highest BCUT2D eigenvalue weighted by atomic mass is 35.5. The van der Waals surface area contributed by atoms with Gasteiger partial charge >= 0.3 is 0 Å². The van der Waals surface area contributed by atoms with E-state index in [4.69, 9.17) is 11.6 Å². The highest BCUT2D eigenvalue weighted by Gasteiger charge is 2.31. The quantitative estimate of drug-likeness (QED) is 0.620. The van der Waals surface area contributed by atoms with Crippen molar-refractivity contribution in [3.8, 4) is 0 Å². The minimum Gasteiger partial charge on any atom is -0.348 e. The maximum atomic E-state index is 12.5. The third-order valence-electron chi connectivity index (χ3n) is 4.46. The maximum absolute atomic E-state index is 12.5. The Kier molecular flexibility index (Phi) is 5.24. The summed E-state index contributed by atoms with van der Waals surface area (Å²) in [6, 6.07) is 12.3. The number of carbonyl (C=O) groups is 1. The van der Waals surface area contributed by atoms with Gasteiger partial charge in [0.1, 0.15) is 4.21 Å². The van der Waals surface area contributed by atoms with E-state index < -0.39 is 10.0 Å². The first-order chi connectivity index (χ1) is 13.4. The third kappa shape index (κ3) is 3.97. The molecular formula is C18H17ClN4O3S2. The van der Waals surface area contributed by atoms with Gasteiger partial charge in [-0.2, -0.15) is 5.10 Å². The van der Waals surface area contributed by atoms with Gasteiger partial charge in [0, 0.05) is 19.0 Å². The molecule has 2 aromatic heterocycles.